The van der Waals surface area contributed by atoms with E-state index in [0.29, 0.717) is 23.8 Å². The Balaban J connectivity index is 1.65. The van der Waals surface area contributed by atoms with Crippen LogP contribution in [0.5, 0.6) is 0 Å². The Kier molecular flexibility index (Phi) is 3.88. The van der Waals surface area contributed by atoms with Crippen LogP contribution in [0.3, 0.4) is 0 Å². The van der Waals surface area contributed by atoms with Crippen LogP contribution in [0.25, 0.3) is 5.65 Å². The number of nitrogens with zero attached hydrogens (tertiary/aromatic N) is 3. The monoisotopic (exact) mass is 288 g/mol. The summed E-state index contributed by atoms with van der Waals surface area (Å²) in [6.45, 7) is 6.20. The summed E-state index contributed by atoms with van der Waals surface area (Å²) in [5, 5.41) is 7.24. The number of aryl methyl sites for hydroxylation is 2. The predicted octanol–water partition coefficient (Wildman–Crippen LogP) is 1.50. The van der Waals surface area contributed by atoms with Crippen LogP contribution in [0, 0.1) is 19.8 Å². The largest absolute Gasteiger partial charge is 0.381 e. The molecule has 0 aliphatic carbocycles. The Morgan fingerprint density at radius 2 is 2.33 bits per heavy atom. The van der Waals surface area contributed by atoms with Crippen molar-refractivity contribution in [3.8, 4) is 0 Å². The maximum atomic E-state index is 12.1. The van der Waals surface area contributed by atoms with Crippen LogP contribution in [0.1, 0.15) is 34.7 Å². The zero-order chi connectivity index (χ0) is 14.8. The highest BCUT2D eigenvalue weighted by Crippen LogP contribution is 2.15. The van der Waals surface area contributed by atoms with Gasteiger partial charge in [-0.3, -0.25) is 4.79 Å². The first-order chi connectivity index (χ1) is 10.1. The summed E-state index contributed by atoms with van der Waals surface area (Å²) < 4.78 is 7.03. The van der Waals surface area contributed by atoms with Gasteiger partial charge in [0.25, 0.3) is 5.91 Å². The summed E-state index contributed by atoms with van der Waals surface area (Å²) in [5.74, 6) is 0.425. The molecule has 21 heavy (non-hydrogen) atoms. The number of rotatable bonds is 4. The second-order valence-corrected chi connectivity index (χ2v) is 5.61. The Bertz CT molecular complexity index is 659. The Labute approximate surface area is 123 Å². The third-order valence-corrected chi connectivity index (χ3v) is 3.83. The molecule has 1 amide bonds. The van der Waals surface area contributed by atoms with Crippen LogP contribution in [0.15, 0.2) is 12.1 Å². The molecule has 0 aromatic carbocycles. The lowest BCUT2D eigenvalue weighted by molar-refractivity contribution is 0.0945. The Morgan fingerprint density at radius 1 is 1.48 bits per heavy atom. The number of fused-ring (bicyclic) bond motifs is 1. The minimum atomic E-state index is -0.142. The minimum absolute atomic E-state index is 0.142. The number of carbonyl (C=O) groups excluding carboxylic acids is 1. The molecule has 3 rings (SSSR count). The predicted molar refractivity (Wildman–Crippen MR) is 78.3 cm³/mol. The van der Waals surface area contributed by atoms with Gasteiger partial charge in [0.05, 0.1) is 0 Å². The SMILES string of the molecule is Cc1cc(C)n2nc(C(=O)NCC[C@@H]3CCOC3)cc2n1. The molecule has 6 nitrogen and oxygen atoms in total. The Hall–Kier alpha value is -1.95. The number of carbonyl (C=O) groups is 1. The highest BCUT2D eigenvalue weighted by molar-refractivity contribution is 5.93. The molecule has 112 valence electrons. The summed E-state index contributed by atoms with van der Waals surface area (Å²) in [5.41, 5.74) is 3.02. The van der Waals surface area contributed by atoms with E-state index in [9.17, 15) is 4.79 Å². The first-order valence-electron chi connectivity index (χ1n) is 7.33. The van der Waals surface area contributed by atoms with Crippen molar-refractivity contribution in [2.45, 2.75) is 26.7 Å². The molecule has 0 radical (unpaired) electrons. The van der Waals surface area contributed by atoms with E-state index in [2.05, 4.69) is 15.4 Å². The van der Waals surface area contributed by atoms with E-state index < -0.39 is 0 Å². The van der Waals surface area contributed by atoms with Crippen molar-refractivity contribution in [3.63, 3.8) is 0 Å². The first-order valence-corrected chi connectivity index (χ1v) is 7.33. The average Bonchev–Trinajstić information content (AvgIpc) is 3.07. The quantitative estimate of drug-likeness (QED) is 0.925. The molecular formula is C15H20N4O2. The van der Waals surface area contributed by atoms with Gasteiger partial charge in [-0.05, 0) is 38.7 Å². The fourth-order valence-corrected chi connectivity index (χ4v) is 2.69. The number of amides is 1. The molecule has 6 heteroatoms. The third-order valence-electron chi connectivity index (χ3n) is 3.83. The van der Waals surface area contributed by atoms with Crippen molar-refractivity contribution in [2.24, 2.45) is 5.92 Å². The summed E-state index contributed by atoms with van der Waals surface area (Å²) in [6, 6.07) is 3.68. The van der Waals surface area contributed by atoms with Crippen molar-refractivity contribution in [3.05, 3.63) is 29.2 Å². The zero-order valence-corrected chi connectivity index (χ0v) is 12.4. The third kappa shape index (κ3) is 3.05. The lowest BCUT2D eigenvalue weighted by Gasteiger charge is -2.07. The molecule has 0 bridgehead atoms. The first kappa shape index (κ1) is 14.0. The number of ether oxygens (including phenoxy) is 1. The van der Waals surface area contributed by atoms with Crippen LogP contribution < -0.4 is 5.32 Å². The number of nitrogens with one attached hydrogen (secondary N) is 1. The summed E-state index contributed by atoms with van der Waals surface area (Å²) >= 11 is 0. The number of hydrogen-bond acceptors (Lipinski definition) is 4. The molecule has 0 saturated carbocycles. The van der Waals surface area contributed by atoms with Gasteiger partial charge >= 0.3 is 0 Å². The lowest BCUT2D eigenvalue weighted by atomic mass is 10.1. The van der Waals surface area contributed by atoms with Gasteiger partial charge in [0.15, 0.2) is 11.3 Å². The second-order valence-electron chi connectivity index (χ2n) is 5.61. The second kappa shape index (κ2) is 5.81. The summed E-state index contributed by atoms with van der Waals surface area (Å²) in [6.07, 6.45) is 2.04. The van der Waals surface area contributed by atoms with E-state index in [1.54, 1.807) is 10.6 Å². The molecule has 1 fully saturated rings. The fourth-order valence-electron chi connectivity index (χ4n) is 2.69. The molecule has 0 unspecified atom stereocenters. The topological polar surface area (TPSA) is 68.5 Å². The van der Waals surface area contributed by atoms with E-state index in [1.165, 1.54) is 0 Å². The van der Waals surface area contributed by atoms with Crippen molar-refractivity contribution < 1.29 is 9.53 Å². The average molecular weight is 288 g/mol. The van der Waals surface area contributed by atoms with E-state index >= 15 is 0 Å². The van der Waals surface area contributed by atoms with Crippen LogP contribution in [-0.4, -0.2) is 40.3 Å². The molecule has 2 aromatic heterocycles. The van der Waals surface area contributed by atoms with Gasteiger partial charge in [0.2, 0.25) is 0 Å². The summed E-state index contributed by atoms with van der Waals surface area (Å²) in [4.78, 5) is 16.5. The molecule has 3 heterocycles. The van der Waals surface area contributed by atoms with Gasteiger partial charge in [-0.25, -0.2) is 9.50 Å². The number of hydrogen-bond donors (Lipinski definition) is 1. The standard InChI is InChI=1S/C15H20N4O2/c1-10-7-11(2)19-14(17-10)8-13(18-19)15(20)16-5-3-12-4-6-21-9-12/h7-8,12H,3-6,9H2,1-2H3,(H,16,20)/t12-/m1/s1. The molecule has 0 spiro atoms. The molecule has 1 saturated heterocycles. The molecule has 1 aliphatic heterocycles. The zero-order valence-electron chi connectivity index (χ0n) is 12.4. The van der Waals surface area contributed by atoms with Gasteiger partial charge in [0.1, 0.15) is 0 Å². The summed E-state index contributed by atoms with van der Waals surface area (Å²) in [7, 11) is 0. The van der Waals surface area contributed by atoms with Crippen LogP contribution in [0.2, 0.25) is 0 Å². The molecular weight excluding hydrogens is 268 g/mol. The number of aromatic nitrogens is 3. The smallest absolute Gasteiger partial charge is 0.271 e. The normalized spacial score (nSPS) is 18.3. The van der Waals surface area contributed by atoms with Crippen LogP contribution >= 0.6 is 0 Å². The molecule has 2 aromatic rings. The molecule has 1 aliphatic rings. The minimum Gasteiger partial charge on any atom is -0.381 e. The van der Waals surface area contributed by atoms with Gasteiger partial charge in [-0.2, -0.15) is 5.10 Å². The Morgan fingerprint density at radius 3 is 3.10 bits per heavy atom. The van der Waals surface area contributed by atoms with E-state index in [0.717, 1.165) is 37.4 Å². The van der Waals surface area contributed by atoms with Gasteiger partial charge in [-0.1, -0.05) is 0 Å². The maximum absolute atomic E-state index is 12.1. The molecule has 1 N–H and O–H groups in total. The van der Waals surface area contributed by atoms with E-state index in [4.69, 9.17) is 4.74 Å². The van der Waals surface area contributed by atoms with Crippen molar-refractivity contribution in [2.75, 3.05) is 19.8 Å². The molecule has 1 atom stereocenters. The van der Waals surface area contributed by atoms with Crippen molar-refractivity contribution in [1.82, 2.24) is 19.9 Å². The van der Waals surface area contributed by atoms with E-state index in [-0.39, 0.29) is 5.91 Å². The van der Waals surface area contributed by atoms with Crippen molar-refractivity contribution in [1.29, 1.82) is 0 Å². The van der Waals surface area contributed by atoms with Crippen molar-refractivity contribution >= 4 is 11.6 Å². The highest BCUT2D eigenvalue weighted by Gasteiger charge is 2.17. The van der Waals surface area contributed by atoms with Gasteiger partial charge < -0.3 is 10.1 Å². The highest BCUT2D eigenvalue weighted by atomic mass is 16.5. The van der Waals surface area contributed by atoms with Gasteiger partial charge in [0, 0.05) is 37.2 Å². The van der Waals surface area contributed by atoms with E-state index in [1.807, 2.05) is 19.9 Å². The lowest BCUT2D eigenvalue weighted by Crippen LogP contribution is -2.26. The maximum Gasteiger partial charge on any atom is 0.271 e. The van der Waals surface area contributed by atoms with Crippen LogP contribution in [-0.2, 0) is 4.74 Å². The van der Waals surface area contributed by atoms with Crippen LogP contribution in [0.4, 0.5) is 0 Å². The fraction of sp³-hybridized carbons (Fsp3) is 0.533. The van der Waals surface area contributed by atoms with Gasteiger partial charge in [-0.15, -0.1) is 0 Å².